The second kappa shape index (κ2) is 5.44. The van der Waals surface area contributed by atoms with Gasteiger partial charge in [-0.05, 0) is 38.4 Å². The molecule has 2 saturated heterocycles. The van der Waals surface area contributed by atoms with Gasteiger partial charge in [0.1, 0.15) is 5.54 Å². The van der Waals surface area contributed by atoms with Gasteiger partial charge in [0.15, 0.2) is 0 Å². The van der Waals surface area contributed by atoms with E-state index < -0.39 is 5.54 Å². The first-order valence-electron chi connectivity index (χ1n) is 7.34. The minimum Gasteiger partial charge on any atom is -0.323 e. The van der Waals surface area contributed by atoms with Crippen molar-refractivity contribution in [3.05, 3.63) is 30.1 Å². The van der Waals surface area contributed by atoms with Crippen LogP contribution in [-0.2, 0) is 11.3 Å². The van der Waals surface area contributed by atoms with Crippen molar-refractivity contribution in [2.75, 3.05) is 13.1 Å². The molecule has 0 spiro atoms. The van der Waals surface area contributed by atoms with Crippen LogP contribution in [0.2, 0.25) is 0 Å². The molecule has 1 aromatic heterocycles. The summed E-state index contributed by atoms with van der Waals surface area (Å²) in [5, 5.41) is 5.14. The molecule has 0 aliphatic carbocycles. The summed E-state index contributed by atoms with van der Waals surface area (Å²) in [5.41, 5.74) is 0.239. The third-order valence-electron chi connectivity index (χ3n) is 4.51. The molecule has 0 bridgehead atoms. The van der Waals surface area contributed by atoms with Crippen molar-refractivity contribution in [3.8, 4) is 0 Å². The summed E-state index contributed by atoms with van der Waals surface area (Å²) in [6.07, 6.45) is 3.77. The van der Waals surface area contributed by atoms with Crippen LogP contribution in [0.15, 0.2) is 24.4 Å². The van der Waals surface area contributed by atoms with Crippen molar-refractivity contribution >= 4 is 11.9 Å². The van der Waals surface area contributed by atoms with Gasteiger partial charge in [-0.1, -0.05) is 6.07 Å². The molecule has 0 radical (unpaired) electrons. The Balaban J connectivity index is 1.68. The van der Waals surface area contributed by atoms with E-state index in [4.69, 9.17) is 0 Å². The first-order chi connectivity index (χ1) is 10.1. The van der Waals surface area contributed by atoms with Gasteiger partial charge >= 0.3 is 6.03 Å². The molecule has 112 valence electrons. The van der Waals surface area contributed by atoms with E-state index in [2.05, 4.69) is 20.5 Å². The number of carbonyl (C=O) groups excluding carboxylic acids is 2. The van der Waals surface area contributed by atoms with E-state index in [1.807, 2.05) is 25.1 Å². The van der Waals surface area contributed by atoms with Crippen LogP contribution in [0.5, 0.6) is 0 Å². The number of nitrogens with zero attached hydrogens (tertiary/aromatic N) is 2. The Morgan fingerprint density at radius 3 is 2.95 bits per heavy atom. The summed E-state index contributed by atoms with van der Waals surface area (Å²) in [7, 11) is 0. The number of pyridine rings is 1. The monoisotopic (exact) mass is 288 g/mol. The average Bonchev–Trinajstić information content (AvgIpc) is 2.74. The van der Waals surface area contributed by atoms with Gasteiger partial charge in [-0.15, -0.1) is 0 Å². The van der Waals surface area contributed by atoms with Crippen LogP contribution in [0, 0.1) is 5.92 Å². The van der Waals surface area contributed by atoms with Crippen LogP contribution in [0.4, 0.5) is 4.79 Å². The van der Waals surface area contributed by atoms with E-state index in [1.165, 1.54) is 0 Å². The number of nitrogens with one attached hydrogen (secondary N) is 2. The van der Waals surface area contributed by atoms with E-state index in [-0.39, 0.29) is 17.9 Å². The van der Waals surface area contributed by atoms with Crippen LogP contribution in [0.25, 0.3) is 0 Å². The normalized spacial score (nSPS) is 30.0. The van der Waals surface area contributed by atoms with E-state index >= 15 is 0 Å². The second-order valence-corrected chi connectivity index (χ2v) is 6.01. The number of urea groups is 1. The maximum atomic E-state index is 12.0. The fraction of sp³-hybridized carbons (Fsp3) is 0.533. The Labute approximate surface area is 123 Å². The van der Waals surface area contributed by atoms with Crippen LogP contribution >= 0.6 is 0 Å². The van der Waals surface area contributed by atoms with Gasteiger partial charge in [-0.3, -0.25) is 20.0 Å². The molecule has 3 amide bonds. The van der Waals surface area contributed by atoms with Crippen molar-refractivity contribution in [1.82, 2.24) is 20.5 Å². The number of carbonyl (C=O) groups is 2. The quantitative estimate of drug-likeness (QED) is 0.810. The van der Waals surface area contributed by atoms with Crippen molar-refractivity contribution < 1.29 is 9.59 Å². The molecule has 2 fully saturated rings. The molecule has 3 heterocycles. The van der Waals surface area contributed by atoms with Crippen molar-refractivity contribution in [2.24, 2.45) is 5.92 Å². The lowest BCUT2D eigenvalue weighted by atomic mass is 9.80. The molecule has 2 atom stereocenters. The Kier molecular flexibility index (Phi) is 3.63. The van der Waals surface area contributed by atoms with Gasteiger partial charge in [-0.25, -0.2) is 4.79 Å². The molecule has 2 aliphatic rings. The van der Waals surface area contributed by atoms with Crippen LogP contribution in [0.1, 0.15) is 25.5 Å². The molecule has 1 aromatic rings. The number of aromatic nitrogens is 1. The largest absolute Gasteiger partial charge is 0.323 e. The molecular formula is C15H20N4O2. The Morgan fingerprint density at radius 1 is 1.43 bits per heavy atom. The lowest BCUT2D eigenvalue weighted by molar-refractivity contribution is -0.126. The molecule has 2 N–H and O–H groups in total. The van der Waals surface area contributed by atoms with Gasteiger partial charge in [0.05, 0.1) is 5.69 Å². The van der Waals surface area contributed by atoms with E-state index in [0.717, 1.165) is 38.2 Å². The minimum atomic E-state index is -0.792. The summed E-state index contributed by atoms with van der Waals surface area (Å²) in [4.78, 5) is 30.1. The first-order valence-corrected chi connectivity index (χ1v) is 7.34. The Bertz CT molecular complexity index is 548. The van der Waals surface area contributed by atoms with Crippen LogP contribution in [0.3, 0.4) is 0 Å². The van der Waals surface area contributed by atoms with Crippen LogP contribution in [-0.4, -0.2) is 40.5 Å². The Hall–Kier alpha value is -1.95. The average molecular weight is 288 g/mol. The maximum Gasteiger partial charge on any atom is 0.322 e. The molecule has 0 unspecified atom stereocenters. The molecule has 2 aliphatic heterocycles. The third kappa shape index (κ3) is 2.76. The summed E-state index contributed by atoms with van der Waals surface area (Å²) in [6, 6.07) is 5.51. The summed E-state index contributed by atoms with van der Waals surface area (Å²) >= 11 is 0. The van der Waals surface area contributed by atoms with Gasteiger partial charge in [0.2, 0.25) is 0 Å². The van der Waals surface area contributed by atoms with E-state index in [1.54, 1.807) is 6.20 Å². The fourth-order valence-electron chi connectivity index (χ4n) is 3.24. The highest BCUT2D eigenvalue weighted by atomic mass is 16.2. The van der Waals surface area contributed by atoms with Gasteiger partial charge in [-0.2, -0.15) is 0 Å². The number of likely N-dealkylation sites (tertiary alicyclic amines) is 1. The predicted molar refractivity (Wildman–Crippen MR) is 77.3 cm³/mol. The third-order valence-corrected chi connectivity index (χ3v) is 4.51. The molecule has 21 heavy (non-hydrogen) atoms. The van der Waals surface area contributed by atoms with Crippen molar-refractivity contribution in [1.29, 1.82) is 0 Å². The molecule has 0 saturated carbocycles. The maximum absolute atomic E-state index is 12.0. The number of hydrogen-bond acceptors (Lipinski definition) is 4. The van der Waals surface area contributed by atoms with Crippen LogP contribution < -0.4 is 10.6 Å². The molecule has 6 nitrogen and oxygen atoms in total. The van der Waals surface area contributed by atoms with Gasteiger partial charge in [0, 0.05) is 25.2 Å². The predicted octanol–water partition coefficient (Wildman–Crippen LogP) is 0.892. The van der Waals surface area contributed by atoms with Gasteiger partial charge < -0.3 is 5.32 Å². The number of amides is 3. The highest BCUT2D eigenvalue weighted by molar-refractivity contribution is 6.06. The smallest absolute Gasteiger partial charge is 0.322 e. The summed E-state index contributed by atoms with van der Waals surface area (Å²) < 4.78 is 0. The highest BCUT2D eigenvalue weighted by Crippen LogP contribution is 2.30. The van der Waals surface area contributed by atoms with Crippen molar-refractivity contribution in [3.63, 3.8) is 0 Å². The summed E-state index contributed by atoms with van der Waals surface area (Å²) in [6.45, 7) is 4.39. The highest BCUT2D eigenvalue weighted by Gasteiger charge is 2.48. The number of imide groups is 1. The second-order valence-electron chi connectivity index (χ2n) is 6.01. The molecule has 3 rings (SSSR count). The number of piperidine rings is 1. The lowest BCUT2D eigenvalue weighted by Crippen LogP contribution is -2.55. The zero-order valence-electron chi connectivity index (χ0n) is 12.1. The molecule has 0 aromatic carbocycles. The number of rotatable bonds is 3. The zero-order valence-corrected chi connectivity index (χ0v) is 12.1. The summed E-state index contributed by atoms with van der Waals surface area (Å²) in [5.74, 6) is -0.0846. The number of hydrogen-bond donors (Lipinski definition) is 2. The molecule has 6 heteroatoms. The SMILES string of the molecule is C[C@]1([C@H]2CCCN(Cc3ccccn3)C2)NC(=O)NC1=O. The van der Waals surface area contributed by atoms with Gasteiger partial charge in [0.25, 0.3) is 5.91 Å². The lowest BCUT2D eigenvalue weighted by Gasteiger charge is -2.39. The standard InChI is InChI=1S/C15H20N4O2/c1-15(13(20)17-14(21)18-15)11-5-4-8-19(9-11)10-12-6-2-3-7-16-12/h2-3,6-7,11H,4-5,8-10H2,1H3,(H2,17,18,20,21)/t11-,15+/m0/s1. The topological polar surface area (TPSA) is 74.3 Å². The molecular weight excluding hydrogens is 268 g/mol. The zero-order chi connectivity index (χ0) is 14.9. The first kappa shape index (κ1) is 14.0. The fourth-order valence-corrected chi connectivity index (χ4v) is 3.24. The Morgan fingerprint density at radius 2 is 2.29 bits per heavy atom. The minimum absolute atomic E-state index is 0.126. The van der Waals surface area contributed by atoms with E-state index in [9.17, 15) is 9.59 Å². The van der Waals surface area contributed by atoms with E-state index in [0.29, 0.717) is 0 Å². The van der Waals surface area contributed by atoms with Crippen molar-refractivity contribution in [2.45, 2.75) is 31.8 Å².